The van der Waals surface area contributed by atoms with E-state index in [1.54, 1.807) is 0 Å². The van der Waals surface area contributed by atoms with Gasteiger partial charge >= 0.3 is 0 Å². The summed E-state index contributed by atoms with van der Waals surface area (Å²) in [4.78, 5) is 6.96. The van der Waals surface area contributed by atoms with Crippen molar-refractivity contribution in [3.05, 3.63) is 18.2 Å². The number of piperazine rings is 1. The summed E-state index contributed by atoms with van der Waals surface area (Å²) in [6.45, 7) is 11.2. The number of imidazole rings is 1. The fourth-order valence-corrected chi connectivity index (χ4v) is 3.02. The first-order chi connectivity index (χ1) is 9.24. The SMILES string of the molecule is CCCC1CN(CCn2ccnc2C)C(CC)CN1. The standard InChI is InChI=1S/C15H28N4/c1-4-6-14-12-19(15(5-2)11-17-14)10-9-18-8-7-16-13(18)3/h7-8,14-15,17H,4-6,9-12H2,1-3H3. The zero-order chi connectivity index (χ0) is 13.7. The number of rotatable bonds is 6. The van der Waals surface area contributed by atoms with Crippen molar-refractivity contribution in [2.45, 2.75) is 58.7 Å². The molecule has 1 aromatic rings. The van der Waals surface area contributed by atoms with E-state index in [0.717, 1.165) is 25.5 Å². The molecule has 0 radical (unpaired) electrons. The predicted molar refractivity (Wildman–Crippen MR) is 79.3 cm³/mol. The van der Waals surface area contributed by atoms with Gasteiger partial charge in [-0.1, -0.05) is 20.3 Å². The van der Waals surface area contributed by atoms with Crippen LogP contribution in [0.25, 0.3) is 0 Å². The van der Waals surface area contributed by atoms with Crippen molar-refractivity contribution >= 4 is 0 Å². The highest BCUT2D eigenvalue weighted by Gasteiger charge is 2.25. The van der Waals surface area contributed by atoms with Crippen molar-refractivity contribution in [3.63, 3.8) is 0 Å². The summed E-state index contributed by atoms with van der Waals surface area (Å²) in [5, 5.41) is 3.69. The largest absolute Gasteiger partial charge is 0.334 e. The molecular weight excluding hydrogens is 236 g/mol. The van der Waals surface area contributed by atoms with Crippen LogP contribution in [0.1, 0.15) is 38.9 Å². The maximum Gasteiger partial charge on any atom is 0.105 e. The number of aromatic nitrogens is 2. The number of hydrogen-bond acceptors (Lipinski definition) is 3. The lowest BCUT2D eigenvalue weighted by Gasteiger charge is -2.40. The topological polar surface area (TPSA) is 33.1 Å². The van der Waals surface area contributed by atoms with Gasteiger partial charge in [0.2, 0.25) is 0 Å². The molecule has 4 heteroatoms. The molecule has 0 saturated carbocycles. The van der Waals surface area contributed by atoms with Gasteiger partial charge in [-0.05, 0) is 19.8 Å². The third-order valence-electron chi connectivity index (χ3n) is 4.27. The second-order valence-corrected chi connectivity index (χ2v) is 5.62. The molecule has 0 aromatic carbocycles. The third kappa shape index (κ3) is 3.80. The Morgan fingerprint density at radius 2 is 2.21 bits per heavy atom. The third-order valence-corrected chi connectivity index (χ3v) is 4.27. The summed E-state index contributed by atoms with van der Waals surface area (Å²) in [6, 6.07) is 1.37. The first-order valence-electron chi connectivity index (χ1n) is 7.69. The monoisotopic (exact) mass is 264 g/mol. The van der Waals surface area contributed by atoms with Crippen LogP contribution < -0.4 is 5.32 Å². The summed E-state index contributed by atoms with van der Waals surface area (Å²) in [6.07, 6.45) is 7.76. The van der Waals surface area contributed by atoms with Crippen molar-refractivity contribution in [2.24, 2.45) is 0 Å². The van der Waals surface area contributed by atoms with E-state index in [2.05, 4.69) is 46.7 Å². The lowest BCUT2D eigenvalue weighted by molar-refractivity contribution is 0.118. The summed E-state index contributed by atoms with van der Waals surface area (Å²) >= 11 is 0. The Morgan fingerprint density at radius 1 is 1.37 bits per heavy atom. The van der Waals surface area contributed by atoms with Crippen LogP contribution >= 0.6 is 0 Å². The van der Waals surface area contributed by atoms with E-state index in [0.29, 0.717) is 12.1 Å². The zero-order valence-corrected chi connectivity index (χ0v) is 12.6. The summed E-state index contributed by atoms with van der Waals surface area (Å²) in [5.74, 6) is 1.12. The minimum absolute atomic E-state index is 0.677. The lowest BCUT2D eigenvalue weighted by Crippen LogP contribution is -2.56. The van der Waals surface area contributed by atoms with E-state index in [9.17, 15) is 0 Å². The molecule has 0 bridgehead atoms. The van der Waals surface area contributed by atoms with Crippen molar-refractivity contribution in [3.8, 4) is 0 Å². The van der Waals surface area contributed by atoms with E-state index in [4.69, 9.17) is 0 Å². The van der Waals surface area contributed by atoms with Crippen LogP contribution in [0.15, 0.2) is 12.4 Å². The Kier molecular flexibility index (Phi) is 5.40. The van der Waals surface area contributed by atoms with Gasteiger partial charge in [0.05, 0.1) is 0 Å². The van der Waals surface area contributed by atoms with Crippen LogP contribution in [-0.4, -0.2) is 46.2 Å². The molecule has 1 aromatic heterocycles. The van der Waals surface area contributed by atoms with Gasteiger partial charge in [0, 0.05) is 50.7 Å². The molecule has 1 N–H and O–H groups in total. The number of nitrogens with zero attached hydrogens (tertiary/aromatic N) is 3. The number of aryl methyl sites for hydroxylation is 1. The Bertz CT molecular complexity index is 374. The van der Waals surface area contributed by atoms with E-state index in [-0.39, 0.29) is 0 Å². The molecular formula is C15H28N4. The Balaban J connectivity index is 1.89. The smallest absolute Gasteiger partial charge is 0.105 e. The maximum atomic E-state index is 4.30. The molecule has 2 atom stereocenters. The van der Waals surface area contributed by atoms with Crippen LogP contribution in [0.5, 0.6) is 0 Å². The lowest BCUT2D eigenvalue weighted by atomic mass is 10.0. The van der Waals surface area contributed by atoms with Gasteiger partial charge < -0.3 is 9.88 Å². The fourth-order valence-electron chi connectivity index (χ4n) is 3.02. The minimum Gasteiger partial charge on any atom is -0.334 e. The molecule has 108 valence electrons. The minimum atomic E-state index is 0.677. The second kappa shape index (κ2) is 7.06. The van der Waals surface area contributed by atoms with E-state index in [1.807, 2.05) is 6.20 Å². The van der Waals surface area contributed by atoms with Gasteiger partial charge in [-0.25, -0.2) is 4.98 Å². The summed E-state index contributed by atoms with van der Waals surface area (Å²) < 4.78 is 2.25. The highest BCUT2D eigenvalue weighted by Crippen LogP contribution is 2.13. The zero-order valence-electron chi connectivity index (χ0n) is 12.6. The highest BCUT2D eigenvalue weighted by molar-refractivity contribution is 4.90. The normalized spacial score (nSPS) is 24.8. The van der Waals surface area contributed by atoms with Crippen molar-refractivity contribution < 1.29 is 0 Å². The molecule has 2 unspecified atom stereocenters. The average Bonchev–Trinajstić information content (AvgIpc) is 2.82. The van der Waals surface area contributed by atoms with Gasteiger partial charge in [-0.3, -0.25) is 4.90 Å². The average molecular weight is 264 g/mol. The molecule has 1 saturated heterocycles. The molecule has 19 heavy (non-hydrogen) atoms. The molecule has 2 heterocycles. The molecule has 0 aliphatic carbocycles. The van der Waals surface area contributed by atoms with Crippen LogP contribution in [0.2, 0.25) is 0 Å². The van der Waals surface area contributed by atoms with Gasteiger partial charge in [-0.15, -0.1) is 0 Å². The van der Waals surface area contributed by atoms with Crippen molar-refractivity contribution in [1.29, 1.82) is 0 Å². The molecule has 1 aliphatic heterocycles. The molecule has 0 amide bonds. The second-order valence-electron chi connectivity index (χ2n) is 5.62. The summed E-state index contributed by atoms with van der Waals surface area (Å²) in [5.41, 5.74) is 0. The van der Waals surface area contributed by atoms with Crippen molar-refractivity contribution in [1.82, 2.24) is 19.8 Å². The van der Waals surface area contributed by atoms with Crippen molar-refractivity contribution in [2.75, 3.05) is 19.6 Å². The van der Waals surface area contributed by atoms with Gasteiger partial charge in [0.25, 0.3) is 0 Å². The maximum absolute atomic E-state index is 4.30. The van der Waals surface area contributed by atoms with Crippen LogP contribution in [0.4, 0.5) is 0 Å². The van der Waals surface area contributed by atoms with Gasteiger partial charge in [0.1, 0.15) is 5.82 Å². The van der Waals surface area contributed by atoms with E-state index >= 15 is 0 Å². The Labute approximate surface area is 117 Å². The molecule has 2 rings (SSSR count). The first-order valence-corrected chi connectivity index (χ1v) is 7.69. The number of nitrogens with one attached hydrogen (secondary N) is 1. The first kappa shape index (κ1) is 14.5. The highest BCUT2D eigenvalue weighted by atomic mass is 15.2. The fraction of sp³-hybridized carbons (Fsp3) is 0.800. The van der Waals surface area contributed by atoms with Crippen LogP contribution in [0, 0.1) is 6.92 Å². The van der Waals surface area contributed by atoms with E-state index < -0.39 is 0 Å². The van der Waals surface area contributed by atoms with Gasteiger partial charge in [-0.2, -0.15) is 0 Å². The quantitative estimate of drug-likeness (QED) is 0.853. The molecule has 4 nitrogen and oxygen atoms in total. The van der Waals surface area contributed by atoms with E-state index in [1.165, 1.54) is 25.8 Å². The van der Waals surface area contributed by atoms with Crippen LogP contribution in [0.3, 0.4) is 0 Å². The van der Waals surface area contributed by atoms with Crippen LogP contribution in [-0.2, 0) is 6.54 Å². The Morgan fingerprint density at radius 3 is 2.84 bits per heavy atom. The molecule has 1 fully saturated rings. The predicted octanol–water partition coefficient (Wildman–Crippen LogP) is 2.04. The molecule has 1 aliphatic rings. The Hall–Kier alpha value is -0.870. The van der Waals surface area contributed by atoms with Gasteiger partial charge in [0.15, 0.2) is 0 Å². The molecule has 0 spiro atoms. The summed E-state index contributed by atoms with van der Waals surface area (Å²) in [7, 11) is 0. The number of hydrogen-bond donors (Lipinski definition) is 1.